The molecule has 1 N–H and O–H groups in total. The van der Waals surface area contributed by atoms with Gasteiger partial charge in [-0.15, -0.1) is 0 Å². The highest BCUT2D eigenvalue weighted by Crippen LogP contribution is 2.37. The van der Waals surface area contributed by atoms with Crippen LogP contribution in [0.4, 0.5) is 0 Å². The Morgan fingerprint density at radius 1 is 0.561 bits per heavy atom. The van der Waals surface area contributed by atoms with Crippen molar-refractivity contribution in [3.05, 3.63) is 162 Å². The van der Waals surface area contributed by atoms with Gasteiger partial charge in [0.25, 0.3) is 0 Å². The summed E-state index contributed by atoms with van der Waals surface area (Å²) in [6.07, 6.45) is 6.60. The van der Waals surface area contributed by atoms with Crippen molar-refractivity contribution in [2.45, 2.75) is 6.04 Å². The molecule has 2 heterocycles. The van der Waals surface area contributed by atoms with Gasteiger partial charge >= 0.3 is 0 Å². The standard InChI is InChI=1S/C38H26N2O/c1-3-10-27(11-4-1)37-38(28-12-5-2-6-13-28)40-33-24-29(22-23-32(33)39-37)25-18-20-26(21-19-25)30-15-9-17-35-36(30)31-14-7-8-16-34(31)41-35/h1-24,33,40H. The van der Waals surface area contributed by atoms with Gasteiger partial charge in [-0.25, -0.2) is 4.99 Å². The van der Waals surface area contributed by atoms with Crippen molar-refractivity contribution in [1.82, 2.24) is 5.32 Å². The molecule has 1 aliphatic heterocycles. The van der Waals surface area contributed by atoms with Gasteiger partial charge in [0.1, 0.15) is 11.2 Å². The Kier molecular flexibility index (Phi) is 5.53. The first-order chi connectivity index (χ1) is 20.3. The van der Waals surface area contributed by atoms with E-state index in [0.29, 0.717) is 0 Å². The predicted octanol–water partition coefficient (Wildman–Crippen LogP) is 9.14. The van der Waals surface area contributed by atoms with E-state index < -0.39 is 0 Å². The van der Waals surface area contributed by atoms with Gasteiger partial charge in [-0.1, -0.05) is 121 Å². The second kappa shape index (κ2) is 9.65. The Morgan fingerprint density at radius 2 is 1.24 bits per heavy atom. The highest BCUT2D eigenvalue weighted by atomic mass is 16.3. The Hall–Kier alpha value is -5.41. The monoisotopic (exact) mass is 526 g/mol. The molecule has 6 aromatic rings. The fraction of sp³-hybridized carbons (Fsp3) is 0.0263. The van der Waals surface area contributed by atoms with Crippen LogP contribution in [0, 0.1) is 0 Å². The normalized spacial score (nSPS) is 16.3. The largest absolute Gasteiger partial charge is 0.456 e. The summed E-state index contributed by atoms with van der Waals surface area (Å²) in [6.45, 7) is 0. The number of fused-ring (bicyclic) bond motifs is 4. The summed E-state index contributed by atoms with van der Waals surface area (Å²) in [6, 6.07) is 44.2. The Balaban J connectivity index is 1.14. The topological polar surface area (TPSA) is 37.5 Å². The second-order valence-corrected chi connectivity index (χ2v) is 10.4. The number of rotatable bonds is 4. The minimum Gasteiger partial charge on any atom is -0.456 e. The lowest BCUT2D eigenvalue weighted by Crippen LogP contribution is -2.37. The number of nitrogens with one attached hydrogen (secondary N) is 1. The van der Waals surface area contributed by atoms with Crippen molar-refractivity contribution < 1.29 is 4.42 Å². The van der Waals surface area contributed by atoms with Crippen LogP contribution < -0.4 is 5.32 Å². The third-order valence-corrected chi connectivity index (χ3v) is 7.92. The molecule has 0 amide bonds. The third kappa shape index (κ3) is 4.11. The maximum atomic E-state index is 6.12. The molecule has 194 valence electrons. The highest BCUT2D eigenvalue weighted by molar-refractivity contribution is 6.14. The molecule has 1 aliphatic carbocycles. The summed E-state index contributed by atoms with van der Waals surface area (Å²) in [4.78, 5) is 5.16. The SMILES string of the molecule is C1=CC2=NC(c3ccccc3)=C(c3ccccc3)NC2C=C1c1ccc(-c2cccc3oc4ccccc4c23)cc1. The lowest BCUT2D eigenvalue weighted by atomic mass is 9.91. The first kappa shape index (κ1) is 23.5. The Morgan fingerprint density at radius 3 is 2.05 bits per heavy atom. The maximum absolute atomic E-state index is 6.12. The van der Waals surface area contributed by atoms with Crippen LogP contribution in [0.2, 0.25) is 0 Å². The van der Waals surface area contributed by atoms with Gasteiger partial charge in [-0.3, -0.25) is 0 Å². The van der Waals surface area contributed by atoms with Crippen molar-refractivity contribution >= 4 is 44.6 Å². The molecule has 5 aromatic carbocycles. The fourth-order valence-corrected chi connectivity index (χ4v) is 5.91. The number of nitrogens with zero attached hydrogens (tertiary/aromatic N) is 1. The molecule has 0 radical (unpaired) electrons. The van der Waals surface area contributed by atoms with E-state index in [1.54, 1.807) is 0 Å². The molecule has 0 spiro atoms. The van der Waals surface area contributed by atoms with E-state index in [0.717, 1.165) is 50.2 Å². The lowest BCUT2D eigenvalue weighted by Gasteiger charge is -2.29. The minimum absolute atomic E-state index is 0.0108. The first-order valence-electron chi connectivity index (χ1n) is 13.9. The van der Waals surface area contributed by atoms with Crippen LogP contribution in [0.3, 0.4) is 0 Å². The van der Waals surface area contributed by atoms with Crippen molar-refractivity contribution in [3.63, 3.8) is 0 Å². The molecule has 2 aliphatic rings. The molecule has 8 rings (SSSR count). The van der Waals surface area contributed by atoms with Gasteiger partial charge in [-0.2, -0.15) is 0 Å². The lowest BCUT2D eigenvalue weighted by molar-refractivity contribution is 0.669. The van der Waals surface area contributed by atoms with Crippen molar-refractivity contribution in [3.8, 4) is 11.1 Å². The van der Waals surface area contributed by atoms with E-state index >= 15 is 0 Å². The zero-order valence-corrected chi connectivity index (χ0v) is 22.3. The average molecular weight is 527 g/mol. The van der Waals surface area contributed by atoms with E-state index in [2.05, 4.69) is 121 Å². The van der Waals surface area contributed by atoms with Gasteiger partial charge in [0.15, 0.2) is 0 Å². The van der Waals surface area contributed by atoms with E-state index in [9.17, 15) is 0 Å². The van der Waals surface area contributed by atoms with Gasteiger partial charge < -0.3 is 9.73 Å². The Bertz CT molecular complexity index is 2040. The van der Waals surface area contributed by atoms with E-state index in [1.807, 2.05) is 30.3 Å². The number of hydrogen-bond donors (Lipinski definition) is 1. The van der Waals surface area contributed by atoms with E-state index in [4.69, 9.17) is 9.41 Å². The molecule has 0 saturated carbocycles. The number of benzene rings is 5. The highest BCUT2D eigenvalue weighted by Gasteiger charge is 2.25. The molecule has 3 heteroatoms. The Labute approximate surface area is 238 Å². The van der Waals surface area contributed by atoms with Gasteiger partial charge in [0, 0.05) is 16.3 Å². The second-order valence-electron chi connectivity index (χ2n) is 10.4. The summed E-state index contributed by atoms with van der Waals surface area (Å²) in [5, 5.41) is 6.11. The quantitative estimate of drug-likeness (QED) is 0.249. The van der Waals surface area contributed by atoms with Crippen molar-refractivity contribution in [2.24, 2.45) is 4.99 Å². The molecule has 3 nitrogen and oxygen atoms in total. The van der Waals surface area contributed by atoms with Crippen LogP contribution in [0.5, 0.6) is 0 Å². The van der Waals surface area contributed by atoms with Gasteiger partial charge in [0.2, 0.25) is 0 Å². The van der Waals surface area contributed by atoms with Crippen LogP contribution in [0.15, 0.2) is 155 Å². The predicted molar refractivity (Wildman–Crippen MR) is 170 cm³/mol. The van der Waals surface area contributed by atoms with Gasteiger partial charge in [0.05, 0.1) is 23.1 Å². The molecule has 1 aromatic heterocycles. The fourth-order valence-electron chi connectivity index (χ4n) is 5.91. The molecular weight excluding hydrogens is 500 g/mol. The molecule has 1 atom stereocenters. The van der Waals surface area contributed by atoms with Crippen LogP contribution in [0.25, 0.3) is 50.0 Å². The van der Waals surface area contributed by atoms with E-state index in [-0.39, 0.29) is 6.04 Å². The summed E-state index contributed by atoms with van der Waals surface area (Å²) in [7, 11) is 0. The first-order valence-corrected chi connectivity index (χ1v) is 13.9. The van der Waals surface area contributed by atoms with Crippen molar-refractivity contribution in [2.75, 3.05) is 0 Å². The molecular formula is C38H26N2O. The summed E-state index contributed by atoms with van der Waals surface area (Å²) in [5.41, 5.74) is 11.8. The maximum Gasteiger partial charge on any atom is 0.136 e. The van der Waals surface area contributed by atoms with Crippen LogP contribution >= 0.6 is 0 Å². The molecule has 0 fully saturated rings. The number of furan rings is 1. The number of allylic oxidation sites excluding steroid dienone is 2. The summed E-state index contributed by atoms with van der Waals surface area (Å²) in [5.74, 6) is 0. The number of aliphatic imine (C=N–C) groups is 1. The van der Waals surface area contributed by atoms with Crippen LogP contribution in [-0.4, -0.2) is 11.8 Å². The van der Waals surface area contributed by atoms with Crippen molar-refractivity contribution in [1.29, 1.82) is 0 Å². The van der Waals surface area contributed by atoms with Crippen LogP contribution in [0.1, 0.15) is 16.7 Å². The molecule has 41 heavy (non-hydrogen) atoms. The van der Waals surface area contributed by atoms with Crippen LogP contribution in [-0.2, 0) is 0 Å². The molecule has 1 unspecified atom stereocenters. The zero-order chi connectivity index (χ0) is 27.2. The van der Waals surface area contributed by atoms with Gasteiger partial charge in [-0.05, 0) is 52.1 Å². The zero-order valence-electron chi connectivity index (χ0n) is 22.3. The smallest absolute Gasteiger partial charge is 0.136 e. The average Bonchev–Trinajstić information content (AvgIpc) is 3.44. The minimum atomic E-state index is -0.0108. The summed E-state index contributed by atoms with van der Waals surface area (Å²) < 4.78 is 6.12. The number of hydrogen-bond acceptors (Lipinski definition) is 3. The van der Waals surface area contributed by atoms with E-state index in [1.165, 1.54) is 22.3 Å². The molecule has 0 saturated heterocycles. The number of para-hydroxylation sites is 1. The summed E-state index contributed by atoms with van der Waals surface area (Å²) >= 11 is 0. The molecule has 0 bridgehead atoms. The third-order valence-electron chi connectivity index (χ3n) is 7.92.